The van der Waals surface area contributed by atoms with Crippen molar-refractivity contribution in [3.63, 3.8) is 0 Å². The van der Waals surface area contributed by atoms with E-state index < -0.39 is 6.04 Å². The standard InChI is InChI=1S/C18H17IN2O3/c1-21-16-8-7-13(24-2)10-14(16)17(22)20-15(18(21)23)9-11-3-5-12(19)6-4-11/h3-8,10,15H,9H2,1-2H3,(H,20,22)/t15-/m0/s1. The van der Waals surface area contributed by atoms with E-state index >= 15 is 0 Å². The van der Waals surface area contributed by atoms with Gasteiger partial charge in [0, 0.05) is 17.0 Å². The third-order valence-corrected chi connectivity index (χ3v) is 4.82. The number of methoxy groups -OCH3 is 1. The van der Waals surface area contributed by atoms with Gasteiger partial charge in [-0.3, -0.25) is 9.59 Å². The number of hydrogen-bond acceptors (Lipinski definition) is 3. The molecule has 0 saturated carbocycles. The average Bonchev–Trinajstić information content (AvgIpc) is 2.68. The molecule has 1 N–H and O–H groups in total. The summed E-state index contributed by atoms with van der Waals surface area (Å²) in [7, 11) is 3.24. The SMILES string of the molecule is COc1ccc2c(c1)C(=O)N[C@@H](Cc1ccc(I)cc1)C(=O)N2C. The lowest BCUT2D eigenvalue weighted by Crippen LogP contribution is -2.45. The Labute approximate surface area is 154 Å². The normalized spacial score (nSPS) is 17.1. The highest BCUT2D eigenvalue weighted by atomic mass is 127. The molecule has 1 atom stereocenters. The third-order valence-electron chi connectivity index (χ3n) is 4.10. The van der Waals surface area contributed by atoms with Gasteiger partial charge >= 0.3 is 0 Å². The van der Waals surface area contributed by atoms with Crippen LogP contribution in [0.1, 0.15) is 15.9 Å². The van der Waals surface area contributed by atoms with E-state index in [1.807, 2.05) is 24.3 Å². The number of carbonyl (C=O) groups is 2. The van der Waals surface area contributed by atoms with Crippen molar-refractivity contribution in [3.8, 4) is 5.75 Å². The van der Waals surface area contributed by atoms with E-state index in [1.54, 1.807) is 32.4 Å². The molecule has 1 aliphatic heterocycles. The van der Waals surface area contributed by atoms with E-state index in [1.165, 1.54) is 4.90 Å². The maximum absolute atomic E-state index is 12.8. The Hall–Kier alpha value is -2.09. The minimum Gasteiger partial charge on any atom is -0.497 e. The number of hydrogen-bond donors (Lipinski definition) is 1. The number of benzene rings is 2. The zero-order valence-corrected chi connectivity index (χ0v) is 15.5. The summed E-state index contributed by atoms with van der Waals surface area (Å²) in [5.74, 6) is 0.184. The fourth-order valence-corrected chi connectivity index (χ4v) is 3.12. The molecule has 0 radical (unpaired) electrons. The Balaban J connectivity index is 1.91. The van der Waals surface area contributed by atoms with Crippen molar-refractivity contribution in [1.29, 1.82) is 0 Å². The Morgan fingerprint density at radius 1 is 1.17 bits per heavy atom. The van der Waals surface area contributed by atoms with Gasteiger partial charge in [-0.2, -0.15) is 0 Å². The number of nitrogens with zero attached hydrogens (tertiary/aromatic N) is 1. The number of amides is 2. The Morgan fingerprint density at radius 3 is 2.54 bits per heavy atom. The van der Waals surface area contributed by atoms with Gasteiger partial charge in [0.15, 0.2) is 0 Å². The van der Waals surface area contributed by atoms with E-state index in [0.717, 1.165) is 9.13 Å². The number of likely N-dealkylation sites (N-methyl/N-ethyl adjacent to an activating group) is 1. The van der Waals surface area contributed by atoms with Crippen LogP contribution in [0.5, 0.6) is 5.75 Å². The smallest absolute Gasteiger partial charge is 0.254 e. The fraction of sp³-hybridized carbons (Fsp3) is 0.222. The maximum Gasteiger partial charge on any atom is 0.254 e. The molecule has 2 aromatic rings. The van der Waals surface area contributed by atoms with Gasteiger partial charge in [0.25, 0.3) is 5.91 Å². The van der Waals surface area contributed by atoms with Crippen LogP contribution in [0.2, 0.25) is 0 Å². The van der Waals surface area contributed by atoms with Gasteiger partial charge in [-0.25, -0.2) is 0 Å². The predicted molar refractivity (Wildman–Crippen MR) is 101 cm³/mol. The topological polar surface area (TPSA) is 58.6 Å². The molecule has 0 aliphatic carbocycles. The molecule has 124 valence electrons. The molecule has 0 aromatic heterocycles. The predicted octanol–water partition coefficient (Wildman–Crippen LogP) is 2.62. The van der Waals surface area contributed by atoms with Gasteiger partial charge in [-0.15, -0.1) is 0 Å². The largest absolute Gasteiger partial charge is 0.497 e. The first-order valence-electron chi connectivity index (χ1n) is 7.50. The van der Waals surface area contributed by atoms with E-state index in [-0.39, 0.29) is 11.8 Å². The highest BCUT2D eigenvalue weighted by molar-refractivity contribution is 14.1. The summed E-state index contributed by atoms with van der Waals surface area (Å²) >= 11 is 2.23. The van der Waals surface area contributed by atoms with Crippen molar-refractivity contribution in [2.75, 3.05) is 19.1 Å². The highest BCUT2D eigenvalue weighted by Crippen LogP contribution is 2.27. The molecule has 3 rings (SSSR count). The molecule has 0 fully saturated rings. The fourth-order valence-electron chi connectivity index (χ4n) is 2.76. The second kappa shape index (κ2) is 6.80. The number of halogens is 1. The van der Waals surface area contributed by atoms with Crippen molar-refractivity contribution < 1.29 is 14.3 Å². The minimum absolute atomic E-state index is 0.134. The summed E-state index contributed by atoms with van der Waals surface area (Å²) in [4.78, 5) is 26.9. The highest BCUT2D eigenvalue weighted by Gasteiger charge is 2.32. The maximum atomic E-state index is 12.8. The molecule has 0 spiro atoms. The van der Waals surface area contributed by atoms with E-state index in [2.05, 4.69) is 27.9 Å². The van der Waals surface area contributed by atoms with E-state index in [4.69, 9.17) is 4.74 Å². The van der Waals surface area contributed by atoms with Gasteiger partial charge < -0.3 is 15.0 Å². The van der Waals surface area contributed by atoms with Crippen LogP contribution in [-0.2, 0) is 11.2 Å². The summed E-state index contributed by atoms with van der Waals surface area (Å²) in [5.41, 5.74) is 2.03. The molecule has 1 aliphatic rings. The number of rotatable bonds is 3. The summed E-state index contributed by atoms with van der Waals surface area (Å²) in [5, 5.41) is 2.84. The Morgan fingerprint density at radius 2 is 1.88 bits per heavy atom. The quantitative estimate of drug-likeness (QED) is 0.753. The summed E-state index contributed by atoms with van der Waals surface area (Å²) in [6.45, 7) is 0. The van der Waals surface area contributed by atoms with Crippen LogP contribution in [-0.4, -0.2) is 32.0 Å². The van der Waals surface area contributed by atoms with Crippen molar-refractivity contribution in [2.45, 2.75) is 12.5 Å². The monoisotopic (exact) mass is 436 g/mol. The molecule has 24 heavy (non-hydrogen) atoms. The van der Waals surface area contributed by atoms with E-state index in [9.17, 15) is 9.59 Å². The molecule has 5 nitrogen and oxygen atoms in total. The van der Waals surface area contributed by atoms with Crippen molar-refractivity contribution in [3.05, 3.63) is 57.2 Å². The molecule has 2 aromatic carbocycles. The molecule has 1 heterocycles. The van der Waals surface area contributed by atoms with Crippen LogP contribution in [0, 0.1) is 3.57 Å². The molecule has 2 amide bonds. The van der Waals surface area contributed by atoms with Crippen LogP contribution >= 0.6 is 22.6 Å². The van der Waals surface area contributed by atoms with Gasteiger partial charge in [0.2, 0.25) is 5.91 Å². The summed E-state index contributed by atoms with van der Waals surface area (Å²) < 4.78 is 6.31. The van der Waals surface area contributed by atoms with Crippen molar-refractivity contribution >= 4 is 40.1 Å². The molecule has 0 saturated heterocycles. The van der Waals surface area contributed by atoms with Gasteiger partial charge in [-0.1, -0.05) is 12.1 Å². The Kier molecular flexibility index (Phi) is 4.75. The first-order chi connectivity index (χ1) is 11.5. The zero-order valence-electron chi connectivity index (χ0n) is 13.4. The van der Waals surface area contributed by atoms with Crippen molar-refractivity contribution in [1.82, 2.24) is 5.32 Å². The van der Waals surface area contributed by atoms with Gasteiger partial charge in [0.05, 0.1) is 18.4 Å². The molecular formula is C18H17IN2O3. The molecule has 0 unspecified atom stereocenters. The van der Waals surface area contributed by atoms with E-state index in [0.29, 0.717) is 23.4 Å². The van der Waals surface area contributed by atoms with Crippen LogP contribution < -0.4 is 15.0 Å². The number of fused-ring (bicyclic) bond motifs is 1. The summed E-state index contributed by atoms with van der Waals surface area (Å²) in [6.07, 6.45) is 0.455. The molecule has 6 heteroatoms. The van der Waals surface area contributed by atoms with Crippen LogP contribution in [0.3, 0.4) is 0 Å². The number of carbonyl (C=O) groups excluding carboxylic acids is 2. The third kappa shape index (κ3) is 3.24. The lowest BCUT2D eigenvalue weighted by atomic mass is 10.1. The van der Waals surface area contributed by atoms with Gasteiger partial charge in [-0.05, 0) is 58.5 Å². The average molecular weight is 436 g/mol. The number of ether oxygens (including phenoxy) is 1. The number of anilines is 1. The van der Waals surface area contributed by atoms with Crippen LogP contribution in [0.25, 0.3) is 0 Å². The van der Waals surface area contributed by atoms with Crippen LogP contribution in [0.4, 0.5) is 5.69 Å². The summed E-state index contributed by atoms with van der Waals surface area (Å²) in [6, 6.07) is 12.5. The molecular weight excluding hydrogens is 419 g/mol. The van der Waals surface area contributed by atoms with Gasteiger partial charge in [0.1, 0.15) is 11.8 Å². The second-order valence-electron chi connectivity index (χ2n) is 5.64. The first-order valence-corrected chi connectivity index (χ1v) is 8.58. The van der Waals surface area contributed by atoms with Crippen LogP contribution in [0.15, 0.2) is 42.5 Å². The van der Waals surface area contributed by atoms with Crippen molar-refractivity contribution in [2.24, 2.45) is 0 Å². The first kappa shape index (κ1) is 16.8. The molecule has 0 bridgehead atoms. The minimum atomic E-state index is -0.596. The lowest BCUT2D eigenvalue weighted by molar-refractivity contribution is -0.120. The second-order valence-corrected chi connectivity index (χ2v) is 6.88. The number of nitrogens with one attached hydrogen (secondary N) is 1. The zero-order chi connectivity index (χ0) is 17.3. The Bertz CT molecular complexity index is 789. The lowest BCUT2D eigenvalue weighted by Gasteiger charge is -2.21.